The highest BCUT2D eigenvalue weighted by atomic mass is 32.2. The van der Waals surface area contributed by atoms with Crippen LogP contribution >= 0.6 is 11.8 Å². The van der Waals surface area contributed by atoms with Gasteiger partial charge in [0.1, 0.15) is 0 Å². The molecule has 1 unspecified atom stereocenters. The standard InChI is InChI=1S/C16H20F2N2O3S/c1-2-23-16(22)20-9-5-6-11(10-20)14(21)19-12-7-3-4-8-13(12)24-15(17)18/h3-4,7-8,11,15H,2,5-6,9-10H2,1H3,(H,19,21). The number of halogens is 2. The summed E-state index contributed by atoms with van der Waals surface area (Å²) < 4.78 is 30.2. The Balaban J connectivity index is 2.00. The van der Waals surface area contributed by atoms with Gasteiger partial charge in [0.05, 0.1) is 18.2 Å². The van der Waals surface area contributed by atoms with E-state index in [9.17, 15) is 18.4 Å². The van der Waals surface area contributed by atoms with Gasteiger partial charge in [-0.15, -0.1) is 0 Å². The highest BCUT2D eigenvalue weighted by Gasteiger charge is 2.29. The Kier molecular flexibility index (Phi) is 6.84. The first-order valence-corrected chi connectivity index (χ1v) is 8.65. The highest BCUT2D eigenvalue weighted by Crippen LogP contribution is 2.32. The molecule has 1 saturated heterocycles. The van der Waals surface area contributed by atoms with Crippen LogP contribution in [0.4, 0.5) is 19.3 Å². The fourth-order valence-electron chi connectivity index (χ4n) is 2.58. The number of thioether (sulfide) groups is 1. The van der Waals surface area contributed by atoms with Gasteiger partial charge in [0, 0.05) is 18.0 Å². The lowest BCUT2D eigenvalue weighted by Crippen LogP contribution is -2.44. The Morgan fingerprint density at radius 2 is 2.17 bits per heavy atom. The van der Waals surface area contributed by atoms with Crippen molar-refractivity contribution < 1.29 is 23.1 Å². The zero-order chi connectivity index (χ0) is 17.5. The van der Waals surface area contributed by atoms with Crippen LogP contribution in [-0.4, -0.2) is 42.4 Å². The van der Waals surface area contributed by atoms with Gasteiger partial charge < -0.3 is 15.0 Å². The second kappa shape index (κ2) is 8.86. The molecule has 1 aliphatic rings. The molecular weight excluding hydrogens is 338 g/mol. The molecule has 1 fully saturated rings. The van der Waals surface area contributed by atoms with Crippen LogP contribution in [0, 0.1) is 5.92 Å². The number of hydrogen-bond donors (Lipinski definition) is 1. The van der Waals surface area contributed by atoms with Crippen LogP contribution in [0.1, 0.15) is 19.8 Å². The summed E-state index contributed by atoms with van der Waals surface area (Å²) in [7, 11) is 0. The van der Waals surface area contributed by atoms with E-state index in [-0.39, 0.29) is 25.0 Å². The number of carbonyl (C=O) groups is 2. The van der Waals surface area contributed by atoms with Gasteiger partial charge in [-0.05, 0) is 31.9 Å². The maximum atomic E-state index is 12.6. The number of piperidine rings is 1. The summed E-state index contributed by atoms with van der Waals surface area (Å²) in [5.41, 5.74) is 0.362. The smallest absolute Gasteiger partial charge is 0.409 e. The predicted octanol–water partition coefficient (Wildman–Crippen LogP) is 3.81. The molecule has 0 bridgehead atoms. The van der Waals surface area contributed by atoms with Crippen molar-refractivity contribution in [3.63, 3.8) is 0 Å². The van der Waals surface area contributed by atoms with Gasteiger partial charge in [-0.25, -0.2) is 4.79 Å². The summed E-state index contributed by atoms with van der Waals surface area (Å²) in [5, 5.41) is 2.71. The number of alkyl halides is 2. The van der Waals surface area contributed by atoms with Crippen LogP contribution in [0.25, 0.3) is 0 Å². The second-order valence-electron chi connectivity index (χ2n) is 5.35. The van der Waals surface area contributed by atoms with Crippen LogP contribution < -0.4 is 5.32 Å². The van der Waals surface area contributed by atoms with Crippen LogP contribution in [0.15, 0.2) is 29.2 Å². The fourth-order valence-corrected chi connectivity index (χ4v) is 3.17. The van der Waals surface area contributed by atoms with Crippen LogP contribution in [0.3, 0.4) is 0 Å². The van der Waals surface area contributed by atoms with Crippen molar-refractivity contribution >= 4 is 29.4 Å². The predicted molar refractivity (Wildman–Crippen MR) is 88.3 cm³/mol. The average Bonchev–Trinajstić information content (AvgIpc) is 2.56. The van der Waals surface area contributed by atoms with Crippen LogP contribution in [-0.2, 0) is 9.53 Å². The molecule has 0 aromatic heterocycles. The minimum Gasteiger partial charge on any atom is -0.450 e. The van der Waals surface area contributed by atoms with Gasteiger partial charge in [-0.3, -0.25) is 4.79 Å². The topological polar surface area (TPSA) is 58.6 Å². The molecule has 1 aromatic carbocycles. The molecular formula is C16H20F2N2O3S. The lowest BCUT2D eigenvalue weighted by molar-refractivity contribution is -0.121. The summed E-state index contributed by atoms with van der Waals surface area (Å²) in [6.45, 7) is 2.84. The molecule has 0 aliphatic carbocycles. The third-order valence-corrected chi connectivity index (χ3v) is 4.47. The van der Waals surface area contributed by atoms with E-state index < -0.39 is 11.9 Å². The molecule has 2 rings (SSSR count). The molecule has 1 aliphatic heterocycles. The molecule has 0 saturated carbocycles. The van der Waals surface area contributed by atoms with Crippen LogP contribution in [0.2, 0.25) is 0 Å². The molecule has 2 amide bonds. The van der Waals surface area contributed by atoms with E-state index in [1.807, 2.05) is 0 Å². The molecule has 0 spiro atoms. The van der Waals surface area contributed by atoms with Gasteiger partial charge in [0.15, 0.2) is 0 Å². The zero-order valence-corrected chi connectivity index (χ0v) is 14.2. The van der Waals surface area contributed by atoms with Gasteiger partial charge in [0.25, 0.3) is 5.76 Å². The number of carbonyl (C=O) groups excluding carboxylic acids is 2. The maximum Gasteiger partial charge on any atom is 0.409 e. The Morgan fingerprint density at radius 1 is 1.42 bits per heavy atom. The first-order chi connectivity index (χ1) is 11.5. The monoisotopic (exact) mass is 358 g/mol. The number of likely N-dealkylation sites (tertiary alicyclic amines) is 1. The number of rotatable bonds is 5. The minimum absolute atomic E-state index is 0.272. The van der Waals surface area contributed by atoms with E-state index in [4.69, 9.17) is 4.74 Å². The summed E-state index contributed by atoms with van der Waals surface area (Å²) in [5.74, 6) is -3.21. The number of anilines is 1. The normalized spacial score (nSPS) is 17.7. The summed E-state index contributed by atoms with van der Waals surface area (Å²) in [6, 6.07) is 6.45. The summed E-state index contributed by atoms with van der Waals surface area (Å²) in [4.78, 5) is 26.1. The lowest BCUT2D eigenvalue weighted by Gasteiger charge is -2.31. The molecule has 5 nitrogen and oxygen atoms in total. The Labute approximate surface area is 143 Å². The molecule has 132 valence electrons. The van der Waals surface area contributed by atoms with Crippen LogP contribution in [0.5, 0.6) is 0 Å². The van der Waals surface area contributed by atoms with Gasteiger partial charge >= 0.3 is 6.09 Å². The number of benzene rings is 1. The van der Waals surface area contributed by atoms with Crippen molar-refractivity contribution in [2.75, 3.05) is 25.0 Å². The maximum absolute atomic E-state index is 12.6. The number of amides is 2. The van der Waals surface area contributed by atoms with Gasteiger partial charge in [-0.2, -0.15) is 8.78 Å². The first-order valence-electron chi connectivity index (χ1n) is 7.77. The fraction of sp³-hybridized carbons (Fsp3) is 0.500. The summed E-state index contributed by atoms with van der Waals surface area (Å²) >= 11 is 0.393. The van der Waals surface area contributed by atoms with E-state index in [2.05, 4.69) is 5.32 Å². The van der Waals surface area contributed by atoms with Crippen molar-refractivity contribution in [2.24, 2.45) is 5.92 Å². The first kappa shape index (κ1) is 18.5. The van der Waals surface area contributed by atoms with E-state index in [1.54, 1.807) is 25.1 Å². The van der Waals surface area contributed by atoms with Gasteiger partial charge in [-0.1, -0.05) is 23.9 Å². The van der Waals surface area contributed by atoms with E-state index in [0.29, 0.717) is 41.7 Å². The Hall–Kier alpha value is -1.83. The number of hydrogen-bond acceptors (Lipinski definition) is 4. The van der Waals surface area contributed by atoms with Crippen molar-refractivity contribution in [1.82, 2.24) is 4.90 Å². The molecule has 0 radical (unpaired) electrons. The average molecular weight is 358 g/mol. The van der Waals surface area contributed by atoms with Crippen molar-refractivity contribution in [3.05, 3.63) is 24.3 Å². The Morgan fingerprint density at radius 3 is 2.88 bits per heavy atom. The number of nitrogens with zero attached hydrogens (tertiary/aromatic N) is 1. The third kappa shape index (κ3) is 5.09. The summed E-state index contributed by atoms with van der Waals surface area (Å²) in [6.07, 6.45) is 0.916. The van der Waals surface area contributed by atoms with Crippen molar-refractivity contribution in [2.45, 2.75) is 30.4 Å². The number of ether oxygens (including phenoxy) is 1. The molecule has 1 aromatic rings. The largest absolute Gasteiger partial charge is 0.450 e. The zero-order valence-electron chi connectivity index (χ0n) is 13.3. The highest BCUT2D eigenvalue weighted by molar-refractivity contribution is 7.99. The minimum atomic E-state index is -2.56. The second-order valence-corrected chi connectivity index (χ2v) is 6.38. The molecule has 1 heterocycles. The number of nitrogens with one attached hydrogen (secondary N) is 1. The van der Waals surface area contributed by atoms with E-state index in [1.165, 1.54) is 11.0 Å². The van der Waals surface area contributed by atoms with Gasteiger partial charge in [0.2, 0.25) is 5.91 Å². The quantitative estimate of drug-likeness (QED) is 0.813. The lowest BCUT2D eigenvalue weighted by atomic mass is 9.97. The Bertz CT molecular complexity index is 586. The van der Waals surface area contributed by atoms with Crippen molar-refractivity contribution in [1.29, 1.82) is 0 Å². The third-order valence-electron chi connectivity index (χ3n) is 3.68. The molecule has 1 atom stereocenters. The number of para-hydroxylation sites is 1. The van der Waals surface area contributed by atoms with Crippen molar-refractivity contribution in [3.8, 4) is 0 Å². The van der Waals surface area contributed by atoms with E-state index in [0.717, 1.165) is 0 Å². The SMILES string of the molecule is CCOC(=O)N1CCCC(C(=O)Nc2ccccc2SC(F)F)C1. The molecule has 1 N–H and O–H groups in total. The molecule has 8 heteroatoms. The van der Waals surface area contributed by atoms with E-state index >= 15 is 0 Å². The molecule has 24 heavy (non-hydrogen) atoms.